The summed E-state index contributed by atoms with van der Waals surface area (Å²) in [4.78, 5) is 31.1. The van der Waals surface area contributed by atoms with Crippen LogP contribution in [0.1, 0.15) is 28.9 Å². The van der Waals surface area contributed by atoms with Gasteiger partial charge in [-0.25, -0.2) is 0 Å². The Balaban J connectivity index is 1.53. The van der Waals surface area contributed by atoms with Crippen LogP contribution in [0.25, 0.3) is 0 Å². The summed E-state index contributed by atoms with van der Waals surface area (Å²) in [5.41, 5.74) is 0.721. The molecule has 2 aliphatic rings. The van der Waals surface area contributed by atoms with Crippen LogP contribution < -0.4 is 10.1 Å². The van der Waals surface area contributed by atoms with E-state index in [0.29, 0.717) is 30.9 Å². The molecule has 1 N–H and O–H groups in total. The number of ether oxygens (including phenoxy) is 1. The first-order chi connectivity index (χ1) is 12.7. The summed E-state index contributed by atoms with van der Waals surface area (Å²) in [7, 11) is 0. The summed E-state index contributed by atoms with van der Waals surface area (Å²) in [5, 5.41) is 2.96. The molecule has 2 aliphatic heterocycles. The average Bonchev–Trinajstić information content (AvgIpc) is 2.80. The Labute approximate surface area is 152 Å². The van der Waals surface area contributed by atoms with Crippen molar-refractivity contribution < 1.29 is 14.3 Å². The lowest BCUT2D eigenvalue weighted by atomic mass is 9.92. The van der Waals surface area contributed by atoms with Gasteiger partial charge in [0.2, 0.25) is 5.91 Å². The van der Waals surface area contributed by atoms with Gasteiger partial charge in [0.1, 0.15) is 11.4 Å². The first kappa shape index (κ1) is 16.6. The second-order valence-corrected chi connectivity index (χ2v) is 6.88. The number of piperidine rings is 1. The summed E-state index contributed by atoms with van der Waals surface area (Å²) in [6.07, 6.45) is 3.61. The molecule has 1 atom stereocenters. The predicted molar refractivity (Wildman–Crippen MR) is 95.9 cm³/mol. The van der Waals surface area contributed by atoms with Gasteiger partial charge in [-0.2, -0.15) is 0 Å². The third-order valence-corrected chi connectivity index (χ3v) is 4.98. The van der Waals surface area contributed by atoms with Crippen LogP contribution >= 0.6 is 0 Å². The van der Waals surface area contributed by atoms with Gasteiger partial charge in [-0.1, -0.05) is 18.2 Å². The van der Waals surface area contributed by atoms with Crippen molar-refractivity contribution >= 4 is 11.8 Å². The number of pyridine rings is 1. The Morgan fingerprint density at radius 1 is 1.23 bits per heavy atom. The van der Waals surface area contributed by atoms with E-state index >= 15 is 0 Å². The van der Waals surface area contributed by atoms with Crippen LogP contribution in [0.5, 0.6) is 5.75 Å². The quantitative estimate of drug-likeness (QED) is 0.896. The minimum atomic E-state index is -0.583. The molecule has 134 valence electrons. The molecule has 1 aromatic carbocycles. The molecular weight excluding hydrogens is 330 g/mol. The van der Waals surface area contributed by atoms with E-state index in [4.69, 9.17) is 4.74 Å². The molecule has 26 heavy (non-hydrogen) atoms. The fraction of sp³-hybridized carbons (Fsp3) is 0.350. The molecule has 1 aromatic heterocycles. The first-order valence-corrected chi connectivity index (χ1v) is 8.89. The van der Waals surface area contributed by atoms with Crippen molar-refractivity contribution in [3.8, 4) is 5.75 Å². The van der Waals surface area contributed by atoms with Gasteiger partial charge >= 0.3 is 0 Å². The predicted octanol–water partition coefficient (Wildman–Crippen LogP) is 1.81. The summed E-state index contributed by atoms with van der Waals surface area (Å²) in [6.45, 7) is 1.56. The summed E-state index contributed by atoms with van der Waals surface area (Å²) >= 11 is 0. The fourth-order valence-electron chi connectivity index (χ4n) is 3.66. The van der Waals surface area contributed by atoms with E-state index in [1.54, 1.807) is 12.3 Å². The van der Waals surface area contributed by atoms with Crippen LogP contribution in [0.2, 0.25) is 0 Å². The Kier molecular flexibility index (Phi) is 4.32. The zero-order chi connectivity index (χ0) is 18.0. The van der Waals surface area contributed by atoms with Crippen LogP contribution in [0.3, 0.4) is 0 Å². The Morgan fingerprint density at radius 3 is 2.92 bits per heavy atom. The number of para-hydroxylation sites is 1. The highest BCUT2D eigenvalue weighted by Crippen LogP contribution is 2.32. The van der Waals surface area contributed by atoms with Gasteiger partial charge in [0, 0.05) is 18.4 Å². The number of hydrogen-bond donors (Lipinski definition) is 1. The molecule has 3 heterocycles. The van der Waals surface area contributed by atoms with E-state index in [1.807, 2.05) is 41.3 Å². The van der Waals surface area contributed by atoms with Gasteiger partial charge in [-0.05, 0) is 37.1 Å². The molecule has 6 nitrogen and oxygen atoms in total. The lowest BCUT2D eigenvalue weighted by molar-refractivity contribution is -0.136. The SMILES string of the molecule is O=C1NC[C@]2(CCCN(C(=O)Cc3ccccn3)C2)Oc2ccccc21. The van der Waals surface area contributed by atoms with Crippen molar-refractivity contribution in [3.63, 3.8) is 0 Å². The van der Waals surface area contributed by atoms with Gasteiger partial charge < -0.3 is 15.0 Å². The normalized spacial score (nSPS) is 22.2. The van der Waals surface area contributed by atoms with Gasteiger partial charge in [0.15, 0.2) is 0 Å². The lowest BCUT2D eigenvalue weighted by Gasteiger charge is -2.42. The minimum absolute atomic E-state index is 0.0373. The second-order valence-electron chi connectivity index (χ2n) is 6.88. The highest BCUT2D eigenvalue weighted by Gasteiger charge is 2.42. The number of aromatic nitrogens is 1. The molecule has 1 fully saturated rings. The maximum Gasteiger partial charge on any atom is 0.255 e. The molecular formula is C20H21N3O3. The van der Waals surface area contributed by atoms with Crippen LogP contribution in [0.4, 0.5) is 0 Å². The number of rotatable bonds is 2. The Morgan fingerprint density at radius 2 is 2.08 bits per heavy atom. The topological polar surface area (TPSA) is 71.5 Å². The molecule has 1 saturated heterocycles. The van der Waals surface area contributed by atoms with Crippen molar-refractivity contribution in [1.82, 2.24) is 15.2 Å². The molecule has 0 aliphatic carbocycles. The molecule has 0 radical (unpaired) electrons. The number of amides is 2. The Hall–Kier alpha value is -2.89. The summed E-state index contributed by atoms with van der Waals surface area (Å²) in [6, 6.07) is 12.8. The highest BCUT2D eigenvalue weighted by molar-refractivity contribution is 5.97. The second kappa shape index (κ2) is 6.78. The maximum atomic E-state index is 12.7. The van der Waals surface area contributed by atoms with Gasteiger partial charge in [0.25, 0.3) is 5.91 Å². The lowest BCUT2D eigenvalue weighted by Crippen LogP contribution is -2.58. The van der Waals surface area contributed by atoms with Gasteiger partial charge in [-0.3, -0.25) is 14.6 Å². The monoisotopic (exact) mass is 351 g/mol. The maximum absolute atomic E-state index is 12.7. The standard InChI is InChI=1S/C20H21N3O3/c24-18(12-15-6-3-4-10-21-15)23-11-5-9-20(14-23)13-22-19(25)16-7-1-2-8-17(16)26-20/h1-4,6-8,10H,5,9,11-14H2,(H,22,25)/t20-/m0/s1. The van der Waals surface area contributed by atoms with Crippen LogP contribution in [-0.4, -0.2) is 46.9 Å². The molecule has 6 heteroatoms. The van der Waals surface area contributed by atoms with Gasteiger partial charge in [0.05, 0.1) is 25.1 Å². The highest BCUT2D eigenvalue weighted by atomic mass is 16.5. The first-order valence-electron chi connectivity index (χ1n) is 8.89. The van der Waals surface area contributed by atoms with E-state index < -0.39 is 5.60 Å². The van der Waals surface area contributed by atoms with E-state index in [-0.39, 0.29) is 18.2 Å². The molecule has 0 bridgehead atoms. The van der Waals surface area contributed by atoms with E-state index in [2.05, 4.69) is 10.3 Å². The minimum Gasteiger partial charge on any atom is -0.483 e. The molecule has 2 aromatic rings. The molecule has 0 unspecified atom stereocenters. The van der Waals surface area contributed by atoms with Crippen molar-refractivity contribution in [1.29, 1.82) is 0 Å². The van der Waals surface area contributed by atoms with Gasteiger partial charge in [-0.15, -0.1) is 0 Å². The van der Waals surface area contributed by atoms with Crippen molar-refractivity contribution in [2.45, 2.75) is 24.9 Å². The largest absolute Gasteiger partial charge is 0.483 e. The van der Waals surface area contributed by atoms with Crippen molar-refractivity contribution in [2.75, 3.05) is 19.6 Å². The number of nitrogens with one attached hydrogen (secondary N) is 1. The number of carbonyl (C=O) groups excluding carboxylic acids is 2. The average molecular weight is 351 g/mol. The van der Waals surface area contributed by atoms with Crippen LogP contribution in [-0.2, 0) is 11.2 Å². The molecule has 1 spiro atoms. The number of hydrogen-bond acceptors (Lipinski definition) is 4. The third kappa shape index (κ3) is 3.27. The summed E-state index contributed by atoms with van der Waals surface area (Å²) < 4.78 is 6.29. The van der Waals surface area contributed by atoms with E-state index in [1.165, 1.54) is 0 Å². The van der Waals surface area contributed by atoms with E-state index in [9.17, 15) is 9.59 Å². The number of carbonyl (C=O) groups is 2. The Bertz CT molecular complexity index is 824. The molecule has 0 saturated carbocycles. The van der Waals surface area contributed by atoms with Crippen molar-refractivity contribution in [3.05, 3.63) is 59.9 Å². The number of nitrogens with zero attached hydrogens (tertiary/aromatic N) is 2. The third-order valence-electron chi connectivity index (χ3n) is 4.98. The van der Waals surface area contributed by atoms with Crippen LogP contribution in [0, 0.1) is 0 Å². The zero-order valence-corrected chi connectivity index (χ0v) is 14.5. The van der Waals surface area contributed by atoms with Crippen LogP contribution in [0.15, 0.2) is 48.7 Å². The van der Waals surface area contributed by atoms with Crippen molar-refractivity contribution in [2.24, 2.45) is 0 Å². The zero-order valence-electron chi connectivity index (χ0n) is 14.5. The molecule has 2 amide bonds. The fourth-order valence-corrected chi connectivity index (χ4v) is 3.66. The molecule has 4 rings (SSSR count). The number of benzene rings is 1. The van der Waals surface area contributed by atoms with E-state index in [0.717, 1.165) is 18.5 Å². The summed E-state index contributed by atoms with van der Waals surface area (Å²) in [5.74, 6) is 0.492. The number of fused-ring (bicyclic) bond motifs is 1. The smallest absolute Gasteiger partial charge is 0.255 e. The number of likely N-dealkylation sites (tertiary alicyclic amines) is 1.